The minimum absolute atomic E-state index is 0.252. The standard InChI is InChI=1S/C9H21NO5Si/c1-5-12-16(13-6-2,14-7-3)8-10-15-9(4)11/h10H,5-8H2,1-4H3. The Morgan fingerprint density at radius 3 is 1.81 bits per heavy atom. The van der Waals surface area contributed by atoms with Crippen LogP contribution in [0.2, 0.25) is 0 Å². The van der Waals surface area contributed by atoms with Crippen LogP contribution in [0.5, 0.6) is 0 Å². The maximum absolute atomic E-state index is 10.6. The van der Waals surface area contributed by atoms with E-state index in [1.165, 1.54) is 6.92 Å². The van der Waals surface area contributed by atoms with Crippen LogP contribution in [-0.4, -0.2) is 40.8 Å². The van der Waals surface area contributed by atoms with Crippen molar-refractivity contribution >= 4 is 14.8 Å². The Bertz CT molecular complexity index is 185. The van der Waals surface area contributed by atoms with Gasteiger partial charge >= 0.3 is 14.8 Å². The minimum Gasteiger partial charge on any atom is -0.373 e. The van der Waals surface area contributed by atoms with Gasteiger partial charge in [-0.2, -0.15) is 0 Å². The third kappa shape index (κ3) is 6.18. The average molecular weight is 251 g/mol. The summed E-state index contributed by atoms with van der Waals surface area (Å²) in [4.78, 5) is 15.3. The molecule has 0 aliphatic carbocycles. The van der Waals surface area contributed by atoms with E-state index in [4.69, 9.17) is 13.3 Å². The molecule has 0 amide bonds. The molecule has 0 rings (SSSR count). The molecule has 0 aliphatic heterocycles. The van der Waals surface area contributed by atoms with Crippen molar-refractivity contribution in [3.05, 3.63) is 0 Å². The van der Waals surface area contributed by atoms with Crippen LogP contribution in [0.1, 0.15) is 27.7 Å². The third-order valence-corrected chi connectivity index (χ3v) is 4.36. The lowest BCUT2D eigenvalue weighted by molar-refractivity contribution is -0.148. The Morgan fingerprint density at radius 2 is 1.50 bits per heavy atom. The summed E-state index contributed by atoms with van der Waals surface area (Å²) in [7, 11) is -2.75. The molecular weight excluding hydrogens is 230 g/mol. The summed E-state index contributed by atoms with van der Waals surface area (Å²) in [6.07, 6.45) is 0.252. The summed E-state index contributed by atoms with van der Waals surface area (Å²) in [5.74, 6) is -0.410. The van der Waals surface area contributed by atoms with E-state index in [1.54, 1.807) is 0 Å². The van der Waals surface area contributed by atoms with Crippen molar-refractivity contribution < 1.29 is 22.9 Å². The summed E-state index contributed by atoms with van der Waals surface area (Å²) in [5.41, 5.74) is 2.52. The van der Waals surface area contributed by atoms with Gasteiger partial charge in [-0.1, -0.05) is 0 Å². The summed E-state index contributed by atoms with van der Waals surface area (Å²) < 4.78 is 16.6. The Kier molecular flexibility index (Phi) is 8.40. The monoisotopic (exact) mass is 251 g/mol. The predicted octanol–water partition coefficient (Wildman–Crippen LogP) is 0.642. The maximum atomic E-state index is 10.6. The van der Waals surface area contributed by atoms with E-state index >= 15 is 0 Å². The molecule has 0 unspecified atom stereocenters. The zero-order chi connectivity index (χ0) is 12.4. The lowest BCUT2D eigenvalue weighted by Gasteiger charge is -2.27. The molecule has 96 valence electrons. The molecule has 0 fully saturated rings. The Labute approximate surface area is 97.5 Å². The van der Waals surface area contributed by atoms with Gasteiger partial charge in [-0.25, -0.2) is 0 Å². The Balaban J connectivity index is 4.28. The van der Waals surface area contributed by atoms with Gasteiger partial charge in [-0.05, 0) is 20.8 Å². The predicted molar refractivity (Wildman–Crippen MR) is 60.4 cm³/mol. The van der Waals surface area contributed by atoms with Crippen LogP contribution in [0.3, 0.4) is 0 Å². The molecule has 0 spiro atoms. The van der Waals surface area contributed by atoms with Gasteiger partial charge in [0.2, 0.25) is 0 Å². The topological polar surface area (TPSA) is 66.0 Å². The minimum atomic E-state index is -2.75. The fraction of sp³-hybridized carbons (Fsp3) is 0.889. The fourth-order valence-electron chi connectivity index (χ4n) is 1.16. The summed E-state index contributed by atoms with van der Waals surface area (Å²) in [5, 5.41) is 0. The molecule has 0 aromatic carbocycles. The van der Waals surface area contributed by atoms with Crippen molar-refractivity contribution in [3.63, 3.8) is 0 Å². The SMILES string of the molecule is CCO[Si](CNOC(C)=O)(OCC)OCC. The van der Waals surface area contributed by atoms with Crippen LogP contribution in [0.4, 0.5) is 0 Å². The highest BCUT2D eigenvalue weighted by molar-refractivity contribution is 6.60. The normalized spacial score (nSPS) is 11.5. The van der Waals surface area contributed by atoms with Crippen molar-refractivity contribution in [1.82, 2.24) is 5.48 Å². The molecule has 0 atom stereocenters. The van der Waals surface area contributed by atoms with E-state index in [0.29, 0.717) is 19.8 Å². The van der Waals surface area contributed by atoms with Crippen LogP contribution in [0.25, 0.3) is 0 Å². The van der Waals surface area contributed by atoms with Gasteiger partial charge in [0.05, 0.1) is 0 Å². The van der Waals surface area contributed by atoms with Crippen molar-refractivity contribution in [2.45, 2.75) is 27.7 Å². The van der Waals surface area contributed by atoms with Crippen LogP contribution < -0.4 is 5.48 Å². The zero-order valence-electron chi connectivity index (χ0n) is 10.4. The first-order valence-corrected chi connectivity index (χ1v) is 7.35. The van der Waals surface area contributed by atoms with E-state index in [9.17, 15) is 4.79 Å². The molecule has 0 aromatic rings. The average Bonchev–Trinajstić information content (AvgIpc) is 2.18. The Hall–Kier alpha value is -0.473. The lowest BCUT2D eigenvalue weighted by atomic mass is 10.8. The molecule has 0 bridgehead atoms. The van der Waals surface area contributed by atoms with Crippen LogP contribution >= 0.6 is 0 Å². The maximum Gasteiger partial charge on any atom is 0.519 e. The molecule has 1 N–H and O–H groups in total. The number of nitrogens with one attached hydrogen (secondary N) is 1. The first-order valence-electron chi connectivity index (χ1n) is 5.42. The summed E-state index contributed by atoms with van der Waals surface area (Å²) in [6, 6.07) is 0. The van der Waals surface area contributed by atoms with Gasteiger partial charge < -0.3 is 18.1 Å². The van der Waals surface area contributed by atoms with E-state index in [1.807, 2.05) is 20.8 Å². The van der Waals surface area contributed by atoms with E-state index in [0.717, 1.165) is 0 Å². The van der Waals surface area contributed by atoms with Gasteiger partial charge in [0.25, 0.3) is 0 Å². The van der Waals surface area contributed by atoms with Crippen LogP contribution in [-0.2, 0) is 22.9 Å². The van der Waals surface area contributed by atoms with Gasteiger partial charge in [-0.3, -0.25) is 4.79 Å². The van der Waals surface area contributed by atoms with Gasteiger partial charge in [-0.15, -0.1) is 5.48 Å². The number of carbonyl (C=O) groups is 1. The van der Waals surface area contributed by atoms with Crippen LogP contribution in [0, 0.1) is 0 Å². The van der Waals surface area contributed by atoms with Gasteiger partial charge in [0.1, 0.15) is 6.17 Å². The van der Waals surface area contributed by atoms with E-state index in [-0.39, 0.29) is 6.17 Å². The highest BCUT2D eigenvalue weighted by Crippen LogP contribution is 2.08. The molecule has 6 nitrogen and oxygen atoms in total. The molecule has 0 aromatic heterocycles. The number of hydrogen-bond donors (Lipinski definition) is 1. The van der Waals surface area contributed by atoms with Crippen LogP contribution in [0.15, 0.2) is 0 Å². The van der Waals surface area contributed by atoms with Crippen molar-refractivity contribution in [2.75, 3.05) is 26.0 Å². The molecule has 0 aliphatic rings. The molecule has 0 heterocycles. The lowest BCUT2D eigenvalue weighted by Crippen LogP contribution is -2.54. The van der Waals surface area contributed by atoms with E-state index < -0.39 is 14.8 Å². The van der Waals surface area contributed by atoms with Crippen molar-refractivity contribution in [2.24, 2.45) is 0 Å². The number of hydroxylamine groups is 1. The van der Waals surface area contributed by atoms with Gasteiger partial charge in [0, 0.05) is 26.7 Å². The molecule has 16 heavy (non-hydrogen) atoms. The van der Waals surface area contributed by atoms with E-state index in [2.05, 4.69) is 10.3 Å². The molecule has 0 saturated carbocycles. The first-order chi connectivity index (χ1) is 7.60. The largest absolute Gasteiger partial charge is 0.519 e. The molecular formula is C9H21NO5Si. The van der Waals surface area contributed by atoms with Gasteiger partial charge in [0.15, 0.2) is 0 Å². The molecule has 0 saturated heterocycles. The quantitative estimate of drug-likeness (QED) is 0.479. The Morgan fingerprint density at radius 1 is 1.06 bits per heavy atom. The number of carbonyl (C=O) groups excluding carboxylic acids is 1. The highest BCUT2D eigenvalue weighted by atomic mass is 28.4. The highest BCUT2D eigenvalue weighted by Gasteiger charge is 2.40. The van der Waals surface area contributed by atoms with Crippen molar-refractivity contribution in [3.8, 4) is 0 Å². The second kappa shape index (κ2) is 8.65. The smallest absolute Gasteiger partial charge is 0.373 e. The first kappa shape index (κ1) is 15.5. The number of rotatable bonds is 9. The second-order valence-electron chi connectivity index (χ2n) is 2.90. The zero-order valence-corrected chi connectivity index (χ0v) is 11.4. The summed E-state index contributed by atoms with van der Waals surface area (Å²) in [6.45, 7) is 8.40. The fourth-order valence-corrected chi connectivity index (χ4v) is 3.29. The van der Waals surface area contributed by atoms with Crippen molar-refractivity contribution in [1.29, 1.82) is 0 Å². The molecule has 0 radical (unpaired) electrons. The molecule has 7 heteroatoms. The number of hydrogen-bond acceptors (Lipinski definition) is 6. The summed E-state index contributed by atoms with van der Waals surface area (Å²) >= 11 is 0. The third-order valence-electron chi connectivity index (χ3n) is 1.60. The second-order valence-corrected chi connectivity index (χ2v) is 5.48.